The van der Waals surface area contributed by atoms with Crippen LogP contribution in [0.25, 0.3) is 0 Å². The van der Waals surface area contributed by atoms with E-state index in [2.05, 4.69) is 15.9 Å². The lowest BCUT2D eigenvalue weighted by Crippen LogP contribution is -2.14. The Morgan fingerprint density at radius 3 is 2.64 bits per heavy atom. The van der Waals surface area contributed by atoms with Gasteiger partial charge < -0.3 is 4.74 Å². The number of para-hydroxylation sites is 1. The van der Waals surface area contributed by atoms with E-state index in [-0.39, 0.29) is 10.6 Å². The summed E-state index contributed by atoms with van der Waals surface area (Å²) in [5.74, 6) is 0.262. The van der Waals surface area contributed by atoms with Crippen LogP contribution in [0.15, 0.2) is 27.6 Å². The third-order valence-electron chi connectivity index (χ3n) is 1.53. The van der Waals surface area contributed by atoms with Crippen molar-refractivity contribution in [2.24, 2.45) is 5.14 Å². The molecule has 0 bridgehead atoms. The standard InChI is InChI=1S/C8H10BrNO3S/c1-2-13-8-6(9)4-3-5-7(8)14(10,11)12/h3-5H,2H2,1H3,(H2,10,11,12). The van der Waals surface area contributed by atoms with Gasteiger partial charge in [0.05, 0.1) is 11.1 Å². The summed E-state index contributed by atoms with van der Waals surface area (Å²) in [4.78, 5) is -0.00581. The Morgan fingerprint density at radius 1 is 1.50 bits per heavy atom. The van der Waals surface area contributed by atoms with Crippen LogP contribution in [-0.2, 0) is 10.0 Å². The fourth-order valence-corrected chi connectivity index (χ4v) is 2.30. The van der Waals surface area contributed by atoms with Crippen molar-refractivity contribution in [2.45, 2.75) is 11.8 Å². The molecule has 1 rings (SSSR count). The molecule has 0 unspecified atom stereocenters. The third kappa shape index (κ3) is 2.46. The third-order valence-corrected chi connectivity index (χ3v) is 3.09. The van der Waals surface area contributed by atoms with Crippen LogP contribution in [0.3, 0.4) is 0 Å². The molecule has 14 heavy (non-hydrogen) atoms. The van der Waals surface area contributed by atoms with Crippen LogP contribution in [0.5, 0.6) is 5.75 Å². The molecule has 0 aromatic heterocycles. The first kappa shape index (κ1) is 11.5. The van der Waals surface area contributed by atoms with Crippen LogP contribution in [0, 0.1) is 0 Å². The van der Waals surface area contributed by atoms with E-state index >= 15 is 0 Å². The van der Waals surface area contributed by atoms with Crippen molar-refractivity contribution in [1.82, 2.24) is 0 Å². The minimum absolute atomic E-state index is 0.00581. The highest BCUT2D eigenvalue weighted by Gasteiger charge is 2.16. The summed E-state index contributed by atoms with van der Waals surface area (Å²) in [6.07, 6.45) is 0. The van der Waals surface area contributed by atoms with E-state index in [1.165, 1.54) is 6.07 Å². The molecule has 0 aliphatic carbocycles. The molecule has 0 heterocycles. The van der Waals surface area contributed by atoms with Gasteiger partial charge in [0.25, 0.3) is 0 Å². The fraction of sp³-hybridized carbons (Fsp3) is 0.250. The second kappa shape index (κ2) is 4.29. The number of rotatable bonds is 3. The molecule has 0 aliphatic rings. The summed E-state index contributed by atoms with van der Waals surface area (Å²) in [6.45, 7) is 2.15. The normalized spacial score (nSPS) is 11.4. The molecular weight excluding hydrogens is 270 g/mol. The summed E-state index contributed by atoms with van der Waals surface area (Å²) in [6, 6.07) is 4.69. The molecule has 0 radical (unpaired) electrons. The van der Waals surface area contributed by atoms with Crippen molar-refractivity contribution in [3.8, 4) is 5.75 Å². The summed E-state index contributed by atoms with van der Waals surface area (Å²) in [7, 11) is -3.73. The first-order valence-electron chi connectivity index (χ1n) is 3.91. The molecule has 1 aromatic carbocycles. The lowest BCUT2D eigenvalue weighted by molar-refractivity contribution is 0.329. The number of hydrogen-bond donors (Lipinski definition) is 1. The maximum Gasteiger partial charge on any atom is 0.241 e. The molecule has 0 spiro atoms. The van der Waals surface area contributed by atoms with Gasteiger partial charge in [-0.05, 0) is 35.0 Å². The van der Waals surface area contributed by atoms with Crippen LogP contribution < -0.4 is 9.88 Å². The Morgan fingerprint density at radius 2 is 2.14 bits per heavy atom. The highest BCUT2D eigenvalue weighted by atomic mass is 79.9. The topological polar surface area (TPSA) is 69.4 Å². The van der Waals surface area contributed by atoms with Gasteiger partial charge in [-0.2, -0.15) is 0 Å². The first-order chi connectivity index (χ1) is 6.46. The summed E-state index contributed by atoms with van der Waals surface area (Å²) in [5.41, 5.74) is 0. The Balaban J connectivity index is 3.36. The van der Waals surface area contributed by atoms with Crippen molar-refractivity contribution in [3.05, 3.63) is 22.7 Å². The van der Waals surface area contributed by atoms with Gasteiger partial charge in [0.15, 0.2) is 5.75 Å². The van der Waals surface area contributed by atoms with Crippen LogP contribution in [0.4, 0.5) is 0 Å². The first-order valence-corrected chi connectivity index (χ1v) is 6.25. The lowest BCUT2D eigenvalue weighted by atomic mass is 10.3. The molecule has 0 saturated carbocycles. The van der Waals surface area contributed by atoms with Crippen molar-refractivity contribution >= 4 is 26.0 Å². The minimum Gasteiger partial charge on any atom is -0.491 e. The molecule has 0 aliphatic heterocycles. The molecule has 0 atom stereocenters. The molecule has 2 N–H and O–H groups in total. The Hall–Kier alpha value is -0.590. The second-order valence-corrected chi connectivity index (χ2v) is 4.93. The van der Waals surface area contributed by atoms with Crippen LogP contribution in [-0.4, -0.2) is 15.0 Å². The Kier molecular flexibility index (Phi) is 3.52. The Bertz CT molecular complexity index is 430. The SMILES string of the molecule is CCOc1c(Br)cccc1S(N)(=O)=O. The molecule has 4 nitrogen and oxygen atoms in total. The number of benzene rings is 1. The van der Waals surface area contributed by atoms with Gasteiger partial charge in [-0.1, -0.05) is 6.07 Å². The van der Waals surface area contributed by atoms with E-state index in [4.69, 9.17) is 9.88 Å². The average molecular weight is 280 g/mol. The maximum atomic E-state index is 11.2. The number of ether oxygens (including phenoxy) is 1. The highest BCUT2D eigenvalue weighted by molar-refractivity contribution is 9.10. The predicted molar refractivity (Wildman–Crippen MR) is 56.7 cm³/mol. The van der Waals surface area contributed by atoms with Crippen molar-refractivity contribution in [3.63, 3.8) is 0 Å². The van der Waals surface area contributed by atoms with Crippen molar-refractivity contribution < 1.29 is 13.2 Å². The molecule has 1 aromatic rings. The van der Waals surface area contributed by atoms with Crippen LogP contribution >= 0.6 is 15.9 Å². The zero-order chi connectivity index (χ0) is 10.8. The van der Waals surface area contributed by atoms with Crippen molar-refractivity contribution in [2.75, 3.05) is 6.61 Å². The van der Waals surface area contributed by atoms with Crippen molar-refractivity contribution in [1.29, 1.82) is 0 Å². The quantitative estimate of drug-likeness (QED) is 0.912. The van der Waals surface area contributed by atoms with E-state index in [9.17, 15) is 8.42 Å². The zero-order valence-corrected chi connectivity index (χ0v) is 9.93. The van der Waals surface area contributed by atoms with Gasteiger partial charge in [0.2, 0.25) is 10.0 Å². The molecule has 0 fully saturated rings. The van der Waals surface area contributed by atoms with E-state index in [1.54, 1.807) is 19.1 Å². The van der Waals surface area contributed by atoms with E-state index in [1.807, 2.05) is 0 Å². The zero-order valence-electron chi connectivity index (χ0n) is 7.53. The number of nitrogens with two attached hydrogens (primary N) is 1. The van der Waals surface area contributed by atoms with Gasteiger partial charge in [-0.15, -0.1) is 0 Å². The highest BCUT2D eigenvalue weighted by Crippen LogP contribution is 2.31. The van der Waals surface area contributed by atoms with E-state index in [0.717, 1.165) is 0 Å². The Labute approximate surface area is 91.2 Å². The number of halogens is 1. The maximum absolute atomic E-state index is 11.2. The fourth-order valence-electron chi connectivity index (χ4n) is 0.998. The van der Waals surface area contributed by atoms with Gasteiger partial charge >= 0.3 is 0 Å². The van der Waals surface area contributed by atoms with E-state index in [0.29, 0.717) is 11.1 Å². The average Bonchev–Trinajstić information content (AvgIpc) is 2.07. The van der Waals surface area contributed by atoms with E-state index < -0.39 is 10.0 Å². The van der Waals surface area contributed by atoms with Gasteiger partial charge in [-0.3, -0.25) is 0 Å². The second-order valence-electron chi connectivity index (χ2n) is 2.55. The van der Waals surface area contributed by atoms with Gasteiger partial charge in [0, 0.05) is 0 Å². The smallest absolute Gasteiger partial charge is 0.241 e. The summed E-state index contributed by atoms with van der Waals surface area (Å²) >= 11 is 3.20. The van der Waals surface area contributed by atoms with Crippen LogP contribution in [0.2, 0.25) is 0 Å². The van der Waals surface area contributed by atoms with Gasteiger partial charge in [0.1, 0.15) is 4.90 Å². The monoisotopic (exact) mass is 279 g/mol. The minimum atomic E-state index is -3.73. The number of sulfonamides is 1. The molecule has 6 heteroatoms. The molecule has 0 saturated heterocycles. The van der Waals surface area contributed by atoms with Crippen LogP contribution in [0.1, 0.15) is 6.92 Å². The molecule has 78 valence electrons. The summed E-state index contributed by atoms with van der Waals surface area (Å²) in [5, 5.41) is 5.03. The molecule has 0 amide bonds. The van der Waals surface area contributed by atoms with Gasteiger partial charge in [-0.25, -0.2) is 13.6 Å². The largest absolute Gasteiger partial charge is 0.491 e. The summed E-state index contributed by atoms with van der Waals surface area (Å²) < 4.78 is 28.1. The number of hydrogen-bond acceptors (Lipinski definition) is 3. The predicted octanol–water partition coefficient (Wildman–Crippen LogP) is 1.50. The molecular formula is C8H10BrNO3S. The lowest BCUT2D eigenvalue weighted by Gasteiger charge is -2.09. The number of primary sulfonamides is 1.